The summed E-state index contributed by atoms with van der Waals surface area (Å²) in [6.45, 7) is 0. The van der Waals surface area contributed by atoms with Gasteiger partial charge in [-0.15, -0.1) is 10.5 Å². The highest BCUT2D eigenvalue weighted by Gasteiger charge is 2.18. The fourth-order valence-corrected chi connectivity index (χ4v) is 1.06. The van der Waals surface area contributed by atoms with Gasteiger partial charge >= 0.3 is 0 Å². The van der Waals surface area contributed by atoms with Gasteiger partial charge in [0.1, 0.15) is 0 Å². The van der Waals surface area contributed by atoms with Gasteiger partial charge in [0, 0.05) is 0 Å². The minimum absolute atomic E-state index is 1.09. The van der Waals surface area contributed by atoms with E-state index in [9.17, 15) is 0 Å². The van der Waals surface area contributed by atoms with E-state index < -0.39 is 0 Å². The molecule has 0 N–H and O–H groups in total. The summed E-state index contributed by atoms with van der Waals surface area (Å²) >= 11 is 0. The third-order valence-electron chi connectivity index (χ3n) is 1.49. The molecule has 41 valence electrons. The molecule has 0 aromatic carbocycles. The molecule has 3 nitrogen and oxygen atoms in total. The minimum Gasteiger partial charge on any atom is -0.133 e. The molecule has 0 unspecified atom stereocenters. The topological polar surface area (TPSA) is 38.8 Å². The third kappa shape index (κ3) is 0.384. The van der Waals surface area contributed by atoms with Crippen molar-refractivity contribution < 1.29 is 0 Å². The Morgan fingerprint density at radius 3 is 2.88 bits per heavy atom. The number of rotatable bonds is 0. The Morgan fingerprint density at radius 2 is 2.00 bits per heavy atom. The Morgan fingerprint density at radius 1 is 1.12 bits per heavy atom. The second-order valence-corrected chi connectivity index (χ2v) is 2.04. The Hall–Kier alpha value is -0.860. The quantitative estimate of drug-likeness (QED) is 0.449. The van der Waals surface area contributed by atoms with Crippen molar-refractivity contribution in [1.29, 1.82) is 0 Å². The summed E-state index contributed by atoms with van der Waals surface area (Å²) in [7, 11) is 0. The third-order valence-corrected chi connectivity index (χ3v) is 1.49. The summed E-state index contributed by atoms with van der Waals surface area (Å²) in [4.78, 5) is 0. The number of hydrogen-bond donors (Lipinski definition) is 0. The lowest BCUT2D eigenvalue weighted by Gasteiger charge is -1.84. The smallest absolute Gasteiger partial charge is 0.0882 e. The Balaban J connectivity index is 2.33. The van der Waals surface area contributed by atoms with E-state index in [1.807, 2.05) is 0 Å². The van der Waals surface area contributed by atoms with Crippen LogP contribution in [0.4, 0.5) is 0 Å². The largest absolute Gasteiger partial charge is 0.133 e. The highest BCUT2D eigenvalue weighted by Crippen LogP contribution is 2.28. The molecule has 0 aromatic rings. The summed E-state index contributed by atoms with van der Waals surface area (Å²) in [6, 6.07) is 0. The maximum Gasteiger partial charge on any atom is 0.0882 e. The molecule has 0 aromatic heterocycles. The van der Waals surface area contributed by atoms with Gasteiger partial charge < -0.3 is 0 Å². The zero-order chi connectivity index (χ0) is 5.40. The van der Waals surface area contributed by atoms with Crippen molar-refractivity contribution in [2.75, 3.05) is 0 Å². The van der Waals surface area contributed by atoms with Crippen LogP contribution in [-0.4, -0.2) is 0 Å². The molecule has 3 heteroatoms. The van der Waals surface area contributed by atoms with E-state index in [1.165, 1.54) is 6.42 Å². The lowest BCUT2D eigenvalue weighted by Crippen LogP contribution is -1.87. The SMILES string of the molecule is C1CC2=C(C1)N=N[N]2. The molecular formula is C5H6N3. The summed E-state index contributed by atoms with van der Waals surface area (Å²) in [6.07, 6.45) is 3.39. The fourth-order valence-electron chi connectivity index (χ4n) is 1.06. The normalized spacial score (nSPS) is 24.0. The Kier molecular flexibility index (Phi) is 0.664. The average Bonchev–Trinajstić information content (AvgIpc) is 2.15. The first kappa shape index (κ1) is 4.06. The van der Waals surface area contributed by atoms with Gasteiger partial charge in [-0.3, -0.25) is 0 Å². The summed E-state index contributed by atoms with van der Waals surface area (Å²) in [5, 5.41) is 7.38. The predicted octanol–water partition coefficient (Wildman–Crippen LogP) is 1.37. The molecule has 8 heavy (non-hydrogen) atoms. The van der Waals surface area contributed by atoms with Gasteiger partial charge in [0.15, 0.2) is 0 Å². The van der Waals surface area contributed by atoms with E-state index >= 15 is 0 Å². The van der Waals surface area contributed by atoms with Crippen LogP contribution in [0.2, 0.25) is 0 Å². The van der Waals surface area contributed by atoms with Crippen LogP contribution in [0.15, 0.2) is 21.7 Å². The van der Waals surface area contributed by atoms with Crippen LogP contribution in [0.25, 0.3) is 0 Å². The summed E-state index contributed by atoms with van der Waals surface area (Å²) in [5.41, 5.74) is 6.07. The highest BCUT2D eigenvalue weighted by molar-refractivity contribution is 5.17. The molecule has 1 aliphatic carbocycles. The predicted molar refractivity (Wildman–Crippen MR) is 27.9 cm³/mol. The van der Waals surface area contributed by atoms with E-state index in [0.717, 1.165) is 24.2 Å². The first-order chi connectivity index (χ1) is 3.97. The van der Waals surface area contributed by atoms with Gasteiger partial charge in [-0.1, -0.05) is 0 Å². The molecule has 1 radical (unpaired) electrons. The van der Waals surface area contributed by atoms with Crippen LogP contribution in [-0.2, 0) is 0 Å². The summed E-state index contributed by atoms with van der Waals surface area (Å²) < 4.78 is 0. The summed E-state index contributed by atoms with van der Waals surface area (Å²) in [5.74, 6) is 0. The standard InChI is InChI=1S/C5H6N3/c1-2-4-5(3-1)7-8-6-4/h1-3H2. The molecule has 0 saturated carbocycles. The van der Waals surface area contributed by atoms with Gasteiger partial charge in [-0.05, 0) is 24.5 Å². The number of nitrogens with zero attached hydrogens (tertiary/aromatic N) is 3. The van der Waals surface area contributed by atoms with E-state index in [1.54, 1.807) is 0 Å². The van der Waals surface area contributed by atoms with Crippen LogP contribution in [0.1, 0.15) is 19.3 Å². The fraction of sp³-hybridized carbons (Fsp3) is 0.600. The number of hydrogen-bond acceptors (Lipinski definition) is 2. The molecule has 2 rings (SSSR count). The van der Waals surface area contributed by atoms with Crippen molar-refractivity contribution in [2.45, 2.75) is 19.3 Å². The maximum absolute atomic E-state index is 3.84. The van der Waals surface area contributed by atoms with Crippen LogP contribution >= 0.6 is 0 Å². The zero-order valence-electron chi connectivity index (χ0n) is 4.46. The lowest BCUT2D eigenvalue weighted by molar-refractivity contribution is 0.755. The van der Waals surface area contributed by atoms with Crippen LogP contribution in [0.5, 0.6) is 0 Å². The van der Waals surface area contributed by atoms with Gasteiger partial charge in [-0.25, -0.2) is 0 Å². The molecule has 0 fully saturated rings. The van der Waals surface area contributed by atoms with E-state index in [4.69, 9.17) is 0 Å². The molecule has 0 bridgehead atoms. The van der Waals surface area contributed by atoms with Crippen LogP contribution in [0.3, 0.4) is 0 Å². The van der Waals surface area contributed by atoms with Gasteiger partial charge in [0.25, 0.3) is 0 Å². The zero-order valence-corrected chi connectivity index (χ0v) is 4.46. The molecule has 0 amide bonds. The van der Waals surface area contributed by atoms with Crippen molar-refractivity contribution in [2.24, 2.45) is 10.3 Å². The second kappa shape index (κ2) is 1.31. The van der Waals surface area contributed by atoms with Gasteiger partial charge in [0.2, 0.25) is 0 Å². The lowest BCUT2D eigenvalue weighted by atomic mass is 10.3. The molecule has 0 spiro atoms. The minimum atomic E-state index is 1.09. The van der Waals surface area contributed by atoms with Crippen molar-refractivity contribution in [3.05, 3.63) is 11.4 Å². The van der Waals surface area contributed by atoms with Crippen molar-refractivity contribution in [1.82, 2.24) is 5.43 Å². The maximum atomic E-state index is 3.84. The second-order valence-electron chi connectivity index (χ2n) is 2.04. The molecular weight excluding hydrogens is 102 g/mol. The molecule has 2 aliphatic rings. The van der Waals surface area contributed by atoms with E-state index in [0.29, 0.717) is 0 Å². The average molecular weight is 108 g/mol. The van der Waals surface area contributed by atoms with E-state index in [2.05, 4.69) is 15.8 Å². The van der Waals surface area contributed by atoms with Gasteiger partial charge in [0.05, 0.1) is 11.4 Å². The van der Waals surface area contributed by atoms with Crippen molar-refractivity contribution in [3.8, 4) is 0 Å². The number of allylic oxidation sites excluding steroid dienone is 2. The highest BCUT2D eigenvalue weighted by atomic mass is 15.5. The molecule has 1 heterocycles. The molecule has 1 aliphatic heterocycles. The van der Waals surface area contributed by atoms with Crippen molar-refractivity contribution >= 4 is 0 Å². The van der Waals surface area contributed by atoms with E-state index in [-0.39, 0.29) is 0 Å². The monoisotopic (exact) mass is 108 g/mol. The molecule has 0 saturated heterocycles. The van der Waals surface area contributed by atoms with Gasteiger partial charge in [-0.2, -0.15) is 0 Å². The Labute approximate surface area is 47.5 Å². The van der Waals surface area contributed by atoms with Crippen LogP contribution < -0.4 is 5.43 Å². The van der Waals surface area contributed by atoms with Crippen molar-refractivity contribution in [3.63, 3.8) is 0 Å². The Bertz CT molecular complexity index is 169. The first-order valence-electron chi connectivity index (χ1n) is 2.80. The first-order valence-corrected chi connectivity index (χ1v) is 2.80. The molecule has 0 atom stereocenters. The van der Waals surface area contributed by atoms with Crippen LogP contribution in [0, 0.1) is 0 Å².